The van der Waals surface area contributed by atoms with Gasteiger partial charge in [-0.25, -0.2) is 0 Å². The van der Waals surface area contributed by atoms with Gasteiger partial charge in [-0.05, 0) is 70.2 Å². The third-order valence-electron chi connectivity index (χ3n) is 5.91. The van der Waals surface area contributed by atoms with E-state index in [4.69, 9.17) is 14.2 Å². The van der Waals surface area contributed by atoms with Crippen molar-refractivity contribution in [1.29, 1.82) is 0 Å². The number of nitrogens with zero attached hydrogens (tertiary/aromatic N) is 1. The van der Waals surface area contributed by atoms with Crippen LogP contribution in [0, 0.1) is 0 Å². The zero-order chi connectivity index (χ0) is 23.6. The molecule has 2 aromatic rings. The Morgan fingerprint density at radius 1 is 0.667 bits per heavy atom. The molecule has 184 valence electrons. The van der Waals surface area contributed by atoms with E-state index in [-0.39, 0.29) is 0 Å². The quantitative estimate of drug-likeness (QED) is 0.171. The fourth-order valence-corrected chi connectivity index (χ4v) is 4.13. The standard InChI is InChI=1S/C29H45NO3/c1-4-30(26-28-21-12-8-13-22-28)24-16-9-15-23-29(31-5-2,32-6-3)33-25-17-14-20-27-18-10-7-11-19-27/h7-8,10-13,18-19,21-22H,4-6,9,14-17,20,23-26H2,1-3H3. The van der Waals surface area contributed by atoms with Gasteiger partial charge in [0, 0.05) is 26.2 Å². The van der Waals surface area contributed by atoms with Gasteiger partial charge in [0.25, 0.3) is 5.97 Å². The summed E-state index contributed by atoms with van der Waals surface area (Å²) < 4.78 is 18.2. The normalized spacial score (nSPS) is 11.9. The maximum Gasteiger partial charge on any atom is 0.282 e. The number of hydrogen-bond donors (Lipinski definition) is 0. The molecule has 0 aliphatic rings. The summed E-state index contributed by atoms with van der Waals surface area (Å²) in [5, 5.41) is 0. The van der Waals surface area contributed by atoms with Crippen molar-refractivity contribution in [2.45, 2.75) is 78.2 Å². The lowest BCUT2D eigenvalue weighted by molar-refractivity contribution is -0.381. The first-order valence-electron chi connectivity index (χ1n) is 12.9. The van der Waals surface area contributed by atoms with Crippen molar-refractivity contribution in [2.24, 2.45) is 0 Å². The van der Waals surface area contributed by atoms with Gasteiger partial charge in [-0.3, -0.25) is 4.90 Å². The molecule has 4 heteroatoms. The van der Waals surface area contributed by atoms with Gasteiger partial charge >= 0.3 is 0 Å². The average Bonchev–Trinajstić information content (AvgIpc) is 2.84. The van der Waals surface area contributed by atoms with Crippen molar-refractivity contribution >= 4 is 0 Å². The van der Waals surface area contributed by atoms with Gasteiger partial charge in [0.1, 0.15) is 0 Å². The van der Waals surface area contributed by atoms with Crippen molar-refractivity contribution in [1.82, 2.24) is 4.90 Å². The summed E-state index contributed by atoms with van der Waals surface area (Å²) in [5.41, 5.74) is 2.76. The zero-order valence-electron chi connectivity index (χ0n) is 21.1. The van der Waals surface area contributed by atoms with Gasteiger partial charge in [0.05, 0.1) is 6.61 Å². The molecule has 0 atom stereocenters. The van der Waals surface area contributed by atoms with E-state index in [9.17, 15) is 0 Å². The summed E-state index contributed by atoms with van der Waals surface area (Å²) >= 11 is 0. The van der Waals surface area contributed by atoms with Crippen molar-refractivity contribution in [3.63, 3.8) is 0 Å². The molecule has 0 unspecified atom stereocenters. The molecule has 33 heavy (non-hydrogen) atoms. The molecule has 0 N–H and O–H groups in total. The van der Waals surface area contributed by atoms with Crippen molar-refractivity contribution in [2.75, 3.05) is 32.9 Å². The molecule has 0 saturated heterocycles. The van der Waals surface area contributed by atoms with E-state index >= 15 is 0 Å². The Labute approximate surface area is 202 Å². The highest BCUT2D eigenvalue weighted by Gasteiger charge is 2.32. The summed E-state index contributed by atoms with van der Waals surface area (Å²) in [4.78, 5) is 2.51. The SMILES string of the molecule is CCOC(CCCCCN(CC)Cc1ccccc1)(OCC)OCCCCc1ccccc1. The van der Waals surface area contributed by atoms with Gasteiger partial charge in [0.2, 0.25) is 0 Å². The molecule has 0 amide bonds. The fourth-order valence-electron chi connectivity index (χ4n) is 4.13. The number of rotatable bonds is 19. The van der Waals surface area contributed by atoms with Crippen LogP contribution in [0.3, 0.4) is 0 Å². The fraction of sp³-hybridized carbons (Fsp3) is 0.586. The van der Waals surface area contributed by atoms with E-state index in [1.54, 1.807) is 0 Å². The Kier molecular flexibility index (Phi) is 14.0. The highest BCUT2D eigenvalue weighted by Crippen LogP contribution is 2.24. The molecule has 0 spiro atoms. The molecule has 0 heterocycles. The first kappa shape index (κ1) is 27.5. The molecule has 0 fully saturated rings. The molecular weight excluding hydrogens is 410 g/mol. The van der Waals surface area contributed by atoms with Crippen LogP contribution in [-0.2, 0) is 27.2 Å². The van der Waals surface area contributed by atoms with Crippen LogP contribution in [0.25, 0.3) is 0 Å². The molecule has 2 rings (SSSR count). The van der Waals surface area contributed by atoms with Gasteiger partial charge < -0.3 is 14.2 Å². The van der Waals surface area contributed by atoms with Gasteiger partial charge in [-0.15, -0.1) is 0 Å². The summed E-state index contributed by atoms with van der Waals surface area (Å²) in [6, 6.07) is 21.4. The van der Waals surface area contributed by atoms with E-state index in [0.717, 1.165) is 58.2 Å². The predicted molar refractivity (Wildman–Crippen MR) is 137 cm³/mol. The van der Waals surface area contributed by atoms with Crippen LogP contribution < -0.4 is 0 Å². The minimum Gasteiger partial charge on any atom is -0.328 e. The number of benzene rings is 2. The Balaban J connectivity index is 1.71. The number of unbranched alkanes of at least 4 members (excludes halogenated alkanes) is 3. The second kappa shape index (κ2) is 16.8. The Morgan fingerprint density at radius 2 is 1.30 bits per heavy atom. The van der Waals surface area contributed by atoms with E-state index < -0.39 is 5.97 Å². The maximum atomic E-state index is 6.22. The summed E-state index contributed by atoms with van der Waals surface area (Å²) in [7, 11) is 0. The highest BCUT2D eigenvalue weighted by atomic mass is 16.9. The molecule has 4 nitrogen and oxygen atoms in total. The first-order valence-corrected chi connectivity index (χ1v) is 12.9. The third-order valence-corrected chi connectivity index (χ3v) is 5.91. The van der Waals surface area contributed by atoms with E-state index in [1.807, 2.05) is 13.8 Å². The maximum absolute atomic E-state index is 6.22. The van der Waals surface area contributed by atoms with Crippen LogP contribution in [0.5, 0.6) is 0 Å². The highest BCUT2D eigenvalue weighted by molar-refractivity contribution is 5.15. The Bertz CT molecular complexity index is 701. The molecule has 2 aromatic carbocycles. The predicted octanol–water partition coefficient (Wildman–Crippen LogP) is 6.84. The second-order valence-electron chi connectivity index (χ2n) is 8.51. The number of hydrogen-bond acceptors (Lipinski definition) is 4. The van der Waals surface area contributed by atoms with Gasteiger partial charge in [-0.1, -0.05) is 74.0 Å². The van der Waals surface area contributed by atoms with Crippen LogP contribution in [0.15, 0.2) is 60.7 Å². The Morgan fingerprint density at radius 3 is 1.91 bits per heavy atom. The van der Waals surface area contributed by atoms with Crippen LogP contribution >= 0.6 is 0 Å². The lowest BCUT2D eigenvalue weighted by atomic mass is 10.1. The summed E-state index contributed by atoms with van der Waals surface area (Å²) in [5.74, 6) is -0.898. The summed E-state index contributed by atoms with van der Waals surface area (Å²) in [6.07, 6.45) is 7.31. The molecule has 0 aliphatic heterocycles. The van der Waals surface area contributed by atoms with Gasteiger partial charge in [-0.2, -0.15) is 0 Å². The molecular formula is C29H45NO3. The van der Waals surface area contributed by atoms with E-state index in [0.29, 0.717) is 19.8 Å². The van der Waals surface area contributed by atoms with Crippen molar-refractivity contribution < 1.29 is 14.2 Å². The minimum absolute atomic E-state index is 0.588. The number of aryl methyl sites for hydroxylation is 1. The topological polar surface area (TPSA) is 30.9 Å². The van der Waals surface area contributed by atoms with Crippen molar-refractivity contribution in [3.8, 4) is 0 Å². The molecule has 0 bridgehead atoms. The monoisotopic (exact) mass is 455 g/mol. The van der Waals surface area contributed by atoms with Gasteiger partial charge in [0.15, 0.2) is 0 Å². The zero-order valence-corrected chi connectivity index (χ0v) is 21.1. The van der Waals surface area contributed by atoms with E-state index in [1.165, 1.54) is 17.5 Å². The van der Waals surface area contributed by atoms with Crippen LogP contribution in [0.1, 0.15) is 70.4 Å². The number of ether oxygens (including phenoxy) is 3. The molecule has 0 saturated carbocycles. The molecule has 0 aliphatic carbocycles. The second-order valence-corrected chi connectivity index (χ2v) is 8.51. The van der Waals surface area contributed by atoms with Crippen LogP contribution in [0.4, 0.5) is 0 Å². The summed E-state index contributed by atoms with van der Waals surface area (Å²) in [6.45, 7) is 11.3. The van der Waals surface area contributed by atoms with Crippen LogP contribution in [0.2, 0.25) is 0 Å². The van der Waals surface area contributed by atoms with E-state index in [2.05, 4.69) is 72.5 Å². The first-order chi connectivity index (χ1) is 16.2. The third kappa shape index (κ3) is 11.3. The van der Waals surface area contributed by atoms with Crippen LogP contribution in [-0.4, -0.2) is 43.8 Å². The molecule has 0 aromatic heterocycles. The lowest BCUT2D eigenvalue weighted by Crippen LogP contribution is -2.40. The average molecular weight is 456 g/mol. The largest absolute Gasteiger partial charge is 0.328 e. The minimum atomic E-state index is -0.898. The molecule has 0 radical (unpaired) electrons. The van der Waals surface area contributed by atoms with Crippen molar-refractivity contribution in [3.05, 3.63) is 71.8 Å². The smallest absolute Gasteiger partial charge is 0.282 e. The lowest BCUT2D eigenvalue weighted by Gasteiger charge is -2.33. The Hall–Kier alpha value is -1.72.